The molecule has 0 radical (unpaired) electrons. The first-order chi connectivity index (χ1) is 9.61. The molecule has 1 saturated carbocycles. The summed E-state index contributed by atoms with van der Waals surface area (Å²) in [4.78, 5) is 25.1. The van der Waals surface area contributed by atoms with Crippen LogP contribution < -0.4 is 5.43 Å². The fourth-order valence-electron chi connectivity index (χ4n) is 3.57. The maximum atomic E-state index is 12.2. The van der Waals surface area contributed by atoms with Crippen LogP contribution in [-0.2, 0) is 9.59 Å². The van der Waals surface area contributed by atoms with Gasteiger partial charge in [-0.05, 0) is 37.5 Å². The summed E-state index contributed by atoms with van der Waals surface area (Å²) in [5.74, 6) is 1.10. The first-order valence-electron chi connectivity index (χ1n) is 7.42. The number of hydrogen-bond donors (Lipinski definition) is 2. The average molecular weight is 279 g/mol. The molecule has 2 amide bonds. The summed E-state index contributed by atoms with van der Waals surface area (Å²) >= 11 is 0. The van der Waals surface area contributed by atoms with E-state index in [4.69, 9.17) is 0 Å². The van der Waals surface area contributed by atoms with E-state index < -0.39 is 0 Å². The van der Waals surface area contributed by atoms with Gasteiger partial charge in [-0.3, -0.25) is 9.59 Å². The number of fused-ring (bicyclic) bond motifs is 1. The van der Waals surface area contributed by atoms with Crippen LogP contribution in [0.1, 0.15) is 38.5 Å². The Balaban J connectivity index is 1.45. The first kappa shape index (κ1) is 13.5. The summed E-state index contributed by atoms with van der Waals surface area (Å²) in [5, 5.41) is 13.6. The van der Waals surface area contributed by atoms with Gasteiger partial charge in [-0.25, -0.2) is 5.43 Å². The van der Waals surface area contributed by atoms with Crippen LogP contribution >= 0.6 is 0 Å². The second kappa shape index (κ2) is 5.52. The molecule has 0 aromatic rings. The van der Waals surface area contributed by atoms with Crippen LogP contribution in [0.3, 0.4) is 0 Å². The Hall–Kier alpha value is -1.43. The van der Waals surface area contributed by atoms with Gasteiger partial charge in [0, 0.05) is 31.6 Å². The fraction of sp³-hybridized carbons (Fsp3) is 0.786. The van der Waals surface area contributed by atoms with Crippen LogP contribution in [0.5, 0.6) is 0 Å². The van der Waals surface area contributed by atoms with Gasteiger partial charge in [0.25, 0.3) is 0 Å². The van der Waals surface area contributed by atoms with Gasteiger partial charge >= 0.3 is 0 Å². The number of nitrogens with one attached hydrogen (secondary N) is 1. The van der Waals surface area contributed by atoms with Gasteiger partial charge in [-0.2, -0.15) is 5.10 Å². The maximum Gasteiger partial charge on any atom is 0.240 e. The van der Waals surface area contributed by atoms with Crippen molar-refractivity contribution >= 4 is 17.5 Å². The zero-order valence-electron chi connectivity index (χ0n) is 11.5. The minimum Gasteiger partial charge on any atom is -0.393 e. The lowest BCUT2D eigenvalue weighted by atomic mass is 10.0. The smallest absolute Gasteiger partial charge is 0.240 e. The highest BCUT2D eigenvalue weighted by molar-refractivity contribution is 5.94. The minimum absolute atomic E-state index is 0.0500. The summed E-state index contributed by atoms with van der Waals surface area (Å²) in [5.41, 5.74) is 3.37. The third-order valence-electron chi connectivity index (χ3n) is 4.69. The SMILES string of the molecule is O=C1CCC(CCC(=O)N2C[C@H]3CC(O)C[C@H]3C2)=NN1. The molecule has 110 valence electrons. The van der Waals surface area contributed by atoms with Crippen molar-refractivity contribution in [3.05, 3.63) is 0 Å². The van der Waals surface area contributed by atoms with Crippen molar-refractivity contribution in [1.29, 1.82) is 0 Å². The summed E-state index contributed by atoms with van der Waals surface area (Å²) < 4.78 is 0. The minimum atomic E-state index is -0.164. The highest BCUT2D eigenvalue weighted by Gasteiger charge is 2.41. The van der Waals surface area contributed by atoms with Gasteiger partial charge in [0.15, 0.2) is 0 Å². The van der Waals surface area contributed by atoms with Crippen LogP contribution in [0, 0.1) is 11.8 Å². The molecular weight excluding hydrogens is 258 g/mol. The monoisotopic (exact) mass is 279 g/mol. The lowest BCUT2D eigenvalue weighted by Crippen LogP contribution is -2.31. The van der Waals surface area contributed by atoms with E-state index >= 15 is 0 Å². The van der Waals surface area contributed by atoms with Crippen molar-refractivity contribution in [3.8, 4) is 0 Å². The number of likely N-dealkylation sites (tertiary alicyclic amines) is 1. The third kappa shape index (κ3) is 2.85. The highest BCUT2D eigenvalue weighted by atomic mass is 16.3. The normalized spacial score (nSPS) is 32.9. The van der Waals surface area contributed by atoms with Crippen molar-refractivity contribution in [2.75, 3.05) is 13.1 Å². The van der Waals surface area contributed by atoms with E-state index in [9.17, 15) is 14.7 Å². The Morgan fingerprint density at radius 2 is 2.00 bits per heavy atom. The number of hydrogen-bond acceptors (Lipinski definition) is 4. The van der Waals surface area contributed by atoms with Crippen LogP contribution in [0.4, 0.5) is 0 Å². The van der Waals surface area contributed by atoms with Crippen LogP contribution in [0.15, 0.2) is 5.10 Å². The van der Waals surface area contributed by atoms with E-state index in [1.165, 1.54) is 0 Å². The molecule has 2 N–H and O–H groups in total. The molecule has 1 unspecified atom stereocenters. The average Bonchev–Trinajstić information content (AvgIpc) is 2.95. The lowest BCUT2D eigenvalue weighted by Gasteiger charge is -2.19. The quantitative estimate of drug-likeness (QED) is 0.777. The lowest BCUT2D eigenvalue weighted by molar-refractivity contribution is -0.130. The summed E-state index contributed by atoms with van der Waals surface area (Å²) in [7, 11) is 0. The zero-order valence-corrected chi connectivity index (χ0v) is 11.5. The number of carbonyl (C=O) groups is 2. The van der Waals surface area contributed by atoms with Gasteiger partial charge in [0.05, 0.1) is 6.10 Å². The number of nitrogens with zero attached hydrogens (tertiary/aromatic N) is 2. The van der Waals surface area contributed by atoms with Crippen molar-refractivity contribution in [2.24, 2.45) is 16.9 Å². The van der Waals surface area contributed by atoms with Gasteiger partial charge in [-0.1, -0.05) is 0 Å². The molecule has 2 fully saturated rings. The number of aliphatic hydroxyl groups excluding tert-OH is 1. The van der Waals surface area contributed by atoms with E-state index in [-0.39, 0.29) is 17.9 Å². The maximum absolute atomic E-state index is 12.2. The molecule has 6 nitrogen and oxygen atoms in total. The Labute approximate surface area is 118 Å². The molecule has 6 heteroatoms. The third-order valence-corrected chi connectivity index (χ3v) is 4.69. The predicted molar refractivity (Wildman–Crippen MR) is 72.8 cm³/mol. The molecule has 1 saturated heterocycles. The first-order valence-corrected chi connectivity index (χ1v) is 7.42. The standard InChI is InChI=1S/C14H21N3O3/c18-12-5-9-7-17(8-10(9)6-12)14(20)4-2-11-1-3-13(19)16-15-11/h9-10,12,18H,1-8H2,(H,16,19)/t9-,10+,12?. The largest absolute Gasteiger partial charge is 0.393 e. The number of rotatable bonds is 3. The van der Waals surface area contributed by atoms with Gasteiger partial charge in [-0.15, -0.1) is 0 Å². The Kier molecular flexibility index (Phi) is 3.74. The molecule has 3 rings (SSSR count). The van der Waals surface area contributed by atoms with E-state index in [2.05, 4.69) is 10.5 Å². The molecule has 0 bridgehead atoms. The van der Waals surface area contributed by atoms with Crippen molar-refractivity contribution in [3.63, 3.8) is 0 Å². The molecule has 0 aromatic heterocycles. The zero-order chi connectivity index (χ0) is 14.1. The number of amides is 2. The predicted octanol–water partition coefficient (Wildman–Crippen LogP) is 0.262. The molecule has 20 heavy (non-hydrogen) atoms. The van der Waals surface area contributed by atoms with Crippen molar-refractivity contribution in [1.82, 2.24) is 10.3 Å². The summed E-state index contributed by atoms with van der Waals surface area (Å²) in [6.07, 6.45) is 3.75. The van der Waals surface area contributed by atoms with Gasteiger partial charge in [0.2, 0.25) is 11.8 Å². The van der Waals surface area contributed by atoms with Crippen LogP contribution in [0.25, 0.3) is 0 Å². The molecule has 1 aliphatic carbocycles. The number of carbonyl (C=O) groups excluding carboxylic acids is 2. The second-order valence-electron chi connectivity index (χ2n) is 6.16. The van der Waals surface area contributed by atoms with E-state index in [0.29, 0.717) is 37.5 Å². The van der Waals surface area contributed by atoms with E-state index in [1.807, 2.05) is 4.90 Å². The molecule has 3 aliphatic rings. The van der Waals surface area contributed by atoms with Crippen LogP contribution in [-0.4, -0.2) is 46.7 Å². The topological polar surface area (TPSA) is 82.0 Å². The summed E-state index contributed by atoms with van der Waals surface area (Å²) in [6.45, 7) is 1.59. The molecule has 2 heterocycles. The fourth-order valence-corrected chi connectivity index (χ4v) is 3.57. The summed E-state index contributed by atoms with van der Waals surface area (Å²) in [6, 6.07) is 0. The van der Waals surface area contributed by atoms with Crippen molar-refractivity contribution < 1.29 is 14.7 Å². The Bertz CT molecular complexity index is 435. The van der Waals surface area contributed by atoms with Gasteiger partial charge < -0.3 is 10.0 Å². The Morgan fingerprint density at radius 1 is 1.30 bits per heavy atom. The molecule has 0 spiro atoms. The second-order valence-corrected chi connectivity index (χ2v) is 6.16. The van der Waals surface area contributed by atoms with Crippen molar-refractivity contribution in [2.45, 2.75) is 44.6 Å². The van der Waals surface area contributed by atoms with E-state index in [1.54, 1.807) is 0 Å². The number of hydrazone groups is 1. The highest BCUT2D eigenvalue weighted by Crippen LogP contribution is 2.38. The van der Waals surface area contributed by atoms with Crippen LogP contribution in [0.2, 0.25) is 0 Å². The number of aliphatic hydroxyl groups is 1. The molecule has 2 aliphatic heterocycles. The Morgan fingerprint density at radius 3 is 2.60 bits per heavy atom. The molecule has 0 aromatic carbocycles. The molecular formula is C14H21N3O3. The molecule has 3 atom stereocenters. The van der Waals surface area contributed by atoms with E-state index in [0.717, 1.165) is 31.6 Å². The van der Waals surface area contributed by atoms with Gasteiger partial charge in [0.1, 0.15) is 0 Å².